The molecule has 2 bridgehead atoms. The molecule has 1 amide bonds. The SMILES string of the molecule is COc1c(C)cc2c(c1O)C1C3C(O)c4c(O)c(C)c5c(c4[C@H](CO)N3C(=O)[C@H](C2)N1C)OCO5. The minimum absolute atomic E-state index is 0.0308. The summed E-state index contributed by atoms with van der Waals surface area (Å²) in [6.45, 7) is 2.99. The molecule has 2 aromatic rings. The van der Waals surface area contributed by atoms with Crippen LogP contribution in [-0.4, -0.2) is 75.8 Å². The van der Waals surface area contributed by atoms with Crippen LogP contribution in [0.2, 0.25) is 0 Å². The molecule has 3 unspecified atom stereocenters. The lowest BCUT2D eigenvalue weighted by Gasteiger charge is -2.58. The molecular weight excluding hydrogens is 456 g/mol. The number of nitrogens with zero attached hydrogens (tertiary/aromatic N) is 2. The third-order valence-electron chi connectivity index (χ3n) is 8.15. The van der Waals surface area contributed by atoms with Gasteiger partial charge >= 0.3 is 0 Å². The second-order valence-corrected chi connectivity index (χ2v) is 9.72. The Labute approximate surface area is 201 Å². The van der Waals surface area contributed by atoms with Crippen LogP contribution in [-0.2, 0) is 11.2 Å². The van der Waals surface area contributed by atoms with Gasteiger partial charge in [0.15, 0.2) is 23.0 Å². The van der Waals surface area contributed by atoms with Gasteiger partial charge in [0.2, 0.25) is 12.7 Å². The maximum atomic E-state index is 13.9. The molecule has 186 valence electrons. The first-order chi connectivity index (χ1) is 16.7. The number of hydrogen-bond donors (Lipinski definition) is 4. The molecule has 10 heteroatoms. The number of phenols is 2. The van der Waals surface area contributed by atoms with Crippen LogP contribution in [0.25, 0.3) is 0 Å². The smallest absolute Gasteiger partial charge is 0.241 e. The summed E-state index contributed by atoms with van der Waals surface area (Å²) in [7, 11) is 3.28. The van der Waals surface area contributed by atoms with Crippen molar-refractivity contribution < 1.29 is 39.4 Å². The number of benzene rings is 2. The average molecular weight is 485 g/mol. The quantitative estimate of drug-likeness (QED) is 0.499. The lowest BCUT2D eigenvalue weighted by molar-refractivity contribution is -0.168. The predicted molar refractivity (Wildman–Crippen MR) is 122 cm³/mol. The monoisotopic (exact) mass is 484 g/mol. The van der Waals surface area contributed by atoms with E-state index in [1.54, 1.807) is 14.0 Å². The first-order valence-electron chi connectivity index (χ1n) is 11.6. The summed E-state index contributed by atoms with van der Waals surface area (Å²) in [5.74, 6) is 0.569. The Kier molecular flexibility index (Phi) is 4.70. The molecule has 6 rings (SSSR count). The number of ether oxygens (including phenoxy) is 3. The molecule has 35 heavy (non-hydrogen) atoms. The Balaban J connectivity index is 1.63. The predicted octanol–water partition coefficient (Wildman–Crippen LogP) is 1.34. The van der Waals surface area contributed by atoms with Crippen LogP contribution in [0.4, 0.5) is 0 Å². The van der Waals surface area contributed by atoms with Crippen molar-refractivity contribution in [3.63, 3.8) is 0 Å². The maximum absolute atomic E-state index is 13.9. The number of aliphatic hydroxyl groups excluding tert-OH is 2. The highest BCUT2D eigenvalue weighted by Crippen LogP contribution is 2.59. The van der Waals surface area contributed by atoms with E-state index in [1.165, 1.54) is 12.0 Å². The van der Waals surface area contributed by atoms with Gasteiger partial charge in [-0.1, -0.05) is 6.07 Å². The summed E-state index contributed by atoms with van der Waals surface area (Å²) in [6.07, 6.45) is -0.961. The van der Waals surface area contributed by atoms with Gasteiger partial charge in [-0.15, -0.1) is 0 Å². The highest BCUT2D eigenvalue weighted by atomic mass is 16.7. The van der Waals surface area contributed by atoms with Crippen LogP contribution in [0.1, 0.15) is 51.6 Å². The van der Waals surface area contributed by atoms with E-state index in [-0.39, 0.29) is 29.8 Å². The first-order valence-corrected chi connectivity index (χ1v) is 11.6. The number of fused-ring (bicyclic) bond motifs is 9. The molecule has 0 spiro atoms. The van der Waals surface area contributed by atoms with Crippen LogP contribution in [0.15, 0.2) is 6.07 Å². The molecule has 4 N–H and O–H groups in total. The van der Waals surface area contributed by atoms with Crippen LogP contribution >= 0.6 is 0 Å². The van der Waals surface area contributed by atoms with E-state index in [1.807, 2.05) is 17.9 Å². The first kappa shape index (κ1) is 22.3. The molecule has 4 heterocycles. The number of amides is 1. The van der Waals surface area contributed by atoms with Crippen LogP contribution in [0.3, 0.4) is 0 Å². The van der Waals surface area contributed by atoms with Crippen molar-refractivity contribution in [2.24, 2.45) is 0 Å². The number of aromatic hydroxyl groups is 2. The van der Waals surface area contributed by atoms with Gasteiger partial charge in [0.1, 0.15) is 11.9 Å². The topological polar surface area (TPSA) is 132 Å². The Morgan fingerprint density at radius 3 is 2.51 bits per heavy atom. The standard InChI is InChI=1S/C25H28N2O8/c1-9-5-11-6-12-25(32)27-13(7-28)15-16(19(29)10(2)23-24(15)35-8-34-23)20(30)18(27)17(26(12)3)14(11)21(31)22(9)33-4/h5,12-13,17-18,20,28-31H,6-8H2,1-4H3/t12-,13-,17?,18?,20?/m0/s1. The van der Waals surface area contributed by atoms with E-state index in [2.05, 4.69) is 0 Å². The number of phenolic OH excluding ortho intramolecular Hbond substituents is 2. The second-order valence-electron chi connectivity index (χ2n) is 9.72. The van der Waals surface area contributed by atoms with Crippen molar-refractivity contribution in [3.05, 3.63) is 39.4 Å². The highest BCUT2D eigenvalue weighted by molar-refractivity contribution is 5.86. The van der Waals surface area contributed by atoms with E-state index < -0.39 is 36.9 Å². The lowest BCUT2D eigenvalue weighted by atomic mass is 9.72. The van der Waals surface area contributed by atoms with E-state index in [0.717, 1.165) is 11.1 Å². The molecule has 1 saturated heterocycles. The molecule has 5 atom stereocenters. The Morgan fingerprint density at radius 2 is 1.83 bits per heavy atom. The average Bonchev–Trinajstić information content (AvgIpc) is 3.31. The second kappa shape index (κ2) is 7.39. The third-order valence-corrected chi connectivity index (χ3v) is 8.15. The van der Waals surface area contributed by atoms with E-state index in [0.29, 0.717) is 40.4 Å². The van der Waals surface area contributed by atoms with Crippen LogP contribution in [0, 0.1) is 13.8 Å². The molecule has 4 aliphatic rings. The lowest BCUT2D eigenvalue weighted by Crippen LogP contribution is -2.67. The molecule has 0 aliphatic carbocycles. The van der Waals surface area contributed by atoms with Crippen molar-refractivity contribution in [1.82, 2.24) is 9.80 Å². The molecule has 1 fully saturated rings. The minimum atomic E-state index is -1.32. The Bertz CT molecular complexity index is 1280. The van der Waals surface area contributed by atoms with Crippen LogP contribution < -0.4 is 14.2 Å². The van der Waals surface area contributed by atoms with E-state index in [9.17, 15) is 25.2 Å². The minimum Gasteiger partial charge on any atom is -0.507 e. The molecule has 0 radical (unpaired) electrons. The number of carbonyl (C=O) groups is 1. The molecule has 2 aromatic carbocycles. The number of methoxy groups -OCH3 is 1. The number of hydrogen-bond acceptors (Lipinski definition) is 9. The van der Waals surface area contributed by atoms with Crippen molar-refractivity contribution in [1.29, 1.82) is 0 Å². The van der Waals surface area contributed by atoms with E-state index >= 15 is 0 Å². The number of aliphatic hydroxyl groups is 2. The fourth-order valence-electron chi connectivity index (χ4n) is 6.64. The molecule has 4 aliphatic heterocycles. The number of likely N-dealkylation sites (N-methyl/N-ethyl adjacent to an activating group) is 1. The van der Waals surface area contributed by atoms with Crippen molar-refractivity contribution >= 4 is 5.91 Å². The Morgan fingerprint density at radius 1 is 1.11 bits per heavy atom. The summed E-state index contributed by atoms with van der Waals surface area (Å²) in [5, 5.41) is 44.7. The van der Waals surface area contributed by atoms with Crippen LogP contribution in [0.5, 0.6) is 28.7 Å². The zero-order valence-corrected chi connectivity index (χ0v) is 19.9. The van der Waals surface area contributed by atoms with Gasteiger partial charge < -0.3 is 39.5 Å². The van der Waals surface area contributed by atoms with Gasteiger partial charge in [-0.2, -0.15) is 0 Å². The number of carbonyl (C=O) groups excluding carboxylic acids is 1. The summed E-state index contributed by atoms with van der Waals surface area (Å²) in [5.41, 5.74) is 3.11. The number of rotatable bonds is 2. The van der Waals surface area contributed by atoms with E-state index in [4.69, 9.17) is 14.2 Å². The molecule has 10 nitrogen and oxygen atoms in total. The maximum Gasteiger partial charge on any atom is 0.241 e. The van der Waals surface area contributed by atoms with Crippen molar-refractivity contribution in [2.75, 3.05) is 27.6 Å². The number of piperazine rings is 1. The summed E-state index contributed by atoms with van der Waals surface area (Å²) < 4.78 is 16.7. The zero-order valence-electron chi connectivity index (χ0n) is 19.9. The van der Waals surface area contributed by atoms with Gasteiger partial charge in [0.05, 0.1) is 37.9 Å². The fraction of sp³-hybridized carbons (Fsp3) is 0.480. The van der Waals surface area contributed by atoms with Gasteiger partial charge in [0.25, 0.3) is 0 Å². The summed E-state index contributed by atoms with van der Waals surface area (Å²) >= 11 is 0. The normalized spacial score (nSPS) is 28.5. The van der Waals surface area contributed by atoms with Gasteiger partial charge in [0, 0.05) is 22.3 Å². The summed E-state index contributed by atoms with van der Waals surface area (Å²) in [6, 6.07) is -1.02. The number of aryl methyl sites for hydroxylation is 1. The van der Waals surface area contributed by atoms with Gasteiger partial charge in [-0.25, -0.2) is 0 Å². The molecule has 0 saturated carbocycles. The molecule has 0 aromatic heterocycles. The summed E-state index contributed by atoms with van der Waals surface area (Å²) in [4.78, 5) is 17.3. The van der Waals surface area contributed by atoms with Gasteiger partial charge in [-0.3, -0.25) is 9.69 Å². The van der Waals surface area contributed by atoms with Crippen molar-refractivity contribution in [2.45, 2.75) is 50.5 Å². The zero-order chi connectivity index (χ0) is 24.9. The highest BCUT2D eigenvalue weighted by Gasteiger charge is 2.59. The van der Waals surface area contributed by atoms with Gasteiger partial charge in [-0.05, 0) is 38.4 Å². The largest absolute Gasteiger partial charge is 0.507 e. The molecular formula is C25H28N2O8. The Hall–Kier alpha value is -3.21. The van der Waals surface area contributed by atoms with Crippen molar-refractivity contribution in [3.8, 4) is 28.7 Å². The fourth-order valence-corrected chi connectivity index (χ4v) is 6.64. The third kappa shape index (κ3) is 2.61.